The van der Waals surface area contributed by atoms with Crippen molar-refractivity contribution in [1.29, 1.82) is 0 Å². The molecule has 1 aromatic heterocycles. The summed E-state index contributed by atoms with van der Waals surface area (Å²) in [5, 5.41) is 17.5. The maximum Gasteiger partial charge on any atom is 0.237 e. The maximum atomic E-state index is 11.8. The van der Waals surface area contributed by atoms with Crippen LogP contribution in [0, 0.1) is 13.8 Å². The number of nitrogens with two attached hydrogens (primary N) is 1. The molecule has 7 heteroatoms. The summed E-state index contributed by atoms with van der Waals surface area (Å²) >= 11 is 0. The summed E-state index contributed by atoms with van der Waals surface area (Å²) in [6.45, 7) is 7.98. The van der Waals surface area contributed by atoms with Gasteiger partial charge in [-0.1, -0.05) is 6.92 Å². The maximum absolute atomic E-state index is 11.8. The van der Waals surface area contributed by atoms with E-state index in [1.165, 1.54) is 0 Å². The first-order chi connectivity index (χ1) is 9.93. The fourth-order valence-corrected chi connectivity index (χ4v) is 2.84. The minimum Gasteiger partial charge on any atom is -0.396 e. The Labute approximate surface area is 125 Å². The van der Waals surface area contributed by atoms with Crippen LogP contribution in [0.25, 0.3) is 0 Å². The SMILES string of the molecule is CCC1C(=O)NCCN1CC(O)Cn1nc(C)c(N)c1C. The second kappa shape index (κ2) is 6.44. The number of β-amino-alcohol motifs (C(OH)–C–C–N with tert-alkyl or cyclic N) is 1. The Balaban J connectivity index is 1.99. The van der Waals surface area contributed by atoms with E-state index in [2.05, 4.69) is 10.4 Å². The summed E-state index contributed by atoms with van der Waals surface area (Å²) in [6.07, 6.45) is 0.160. The van der Waals surface area contributed by atoms with E-state index in [1.807, 2.05) is 25.7 Å². The molecule has 0 saturated carbocycles. The molecule has 1 aliphatic heterocycles. The first-order valence-corrected chi connectivity index (χ1v) is 7.43. The normalized spacial score (nSPS) is 21.3. The van der Waals surface area contributed by atoms with Gasteiger partial charge in [0.15, 0.2) is 0 Å². The quantitative estimate of drug-likeness (QED) is 0.690. The second-order valence-electron chi connectivity index (χ2n) is 5.63. The van der Waals surface area contributed by atoms with Gasteiger partial charge in [0.1, 0.15) is 0 Å². The third-order valence-electron chi connectivity index (χ3n) is 4.09. The van der Waals surface area contributed by atoms with Crippen molar-refractivity contribution >= 4 is 11.6 Å². The minimum absolute atomic E-state index is 0.0475. The Morgan fingerprint density at radius 3 is 2.76 bits per heavy atom. The summed E-state index contributed by atoms with van der Waals surface area (Å²) in [7, 11) is 0. The average Bonchev–Trinajstić information content (AvgIpc) is 2.66. The fraction of sp³-hybridized carbons (Fsp3) is 0.714. The lowest BCUT2D eigenvalue weighted by Crippen LogP contribution is -2.56. The molecule has 118 valence electrons. The van der Waals surface area contributed by atoms with Crippen LogP contribution in [0.5, 0.6) is 0 Å². The van der Waals surface area contributed by atoms with E-state index in [4.69, 9.17) is 5.73 Å². The standard InChI is InChI=1S/C14H25N5O2/c1-4-12-14(21)16-5-6-18(12)7-11(20)8-19-10(3)13(15)9(2)17-19/h11-12,20H,4-8,15H2,1-3H3,(H,16,21). The average molecular weight is 295 g/mol. The van der Waals surface area contributed by atoms with Crippen LogP contribution in [0.15, 0.2) is 0 Å². The number of hydrogen-bond donors (Lipinski definition) is 3. The number of aromatic nitrogens is 2. The van der Waals surface area contributed by atoms with Crippen LogP contribution >= 0.6 is 0 Å². The van der Waals surface area contributed by atoms with Gasteiger partial charge in [-0.15, -0.1) is 0 Å². The van der Waals surface area contributed by atoms with Crippen LogP contribution in [0.4, 0.5) is 5.69 Å². The lowest BCUT2D eigenvalue weighted by atomic mass is 10.1. The van der Waals surface area contributed by atoms with Crippen LogP contribution in [0.3, 0.4) is 0 Å². The molecule has 4 N–H and O–H groups in total. The van der Waals surface area contributed by atoms with Gasteiger partial charge in [0.25, 0.3) is 0 Å². The number of aliphatic hydroxyl groups is 1. The molecule has 7 nitrogen and oxygen atoms in total. The molecule has 2 atom stereocenters. The van der Waals surface area contributed by atoms with Gasteiger partial charge in [-0.3, -0.25) is 14.4 Å². The summed E-state index contributed by atoms with van der Waals surface area (Å²) in [4.78, 5) is 13.8. The van der Waals surface area contributed by atoms with Gasteiger partial charge in [-0.05, 0) is 20.3 Å². The number of aliphatic hydroxyl groups excluding tert-OH is 1. The Morgan fingerprint density at radius 1 is 1.48 bits per heavy atom. The molecule has 0 spiro atoms. The van der Waals surface area contributed by atoms with Gasteiger partial charge in [0.05, 0.1) is 35.8 Å². The van der Waals surface area contributed by atoms with Crippen LogP contribution in [-0.4, -0.2) is 57.5 Å². The number of piperazine rings is 1. The van der Waals surface area contributed by atoms with Crippen molar-refractivity contribution in [1.82, 2.24) is 20.0 Å². The van der Waals surface area contributed by atoms with Gasteiger partial charge in [-0.2, -0.15) is 5.10 Å². The third-order valence-corrected chi connectivity index (χ3v) is 4.09. The monoisotopic (exact) mass is 295 g/mol. The topological polar surface area (TPSA) is 96.4 Å². The predicted molar refractivity (Wildman–Crippen MR) is 80.8 cm³/mol. The van der Waals surface area contributed by atoms with Crippen LogP contribution in [-0.2, 0) is 11.3 Å². The molecule has 1 aliphatic rings. The van der Waals surface area contributed by atoms with Crippen LogP contribution in [0.2, 0.25) is 0 Å². The first-order valence-electron chi connectivity index (χ1n) is 7.43. The van der Waals surface area contributed by atoms with Crippen molar-refractivity contribution in [2.45, 2.75) is 45.9 Å². The minimum atomic E-state index is -0.581. The van der Waals surface area contributed by atoms with Gasteiger partial charge >= 0.3 is 0 Å². The third kappa shape index (κ3) is 3.36. The van der Waals surface area contributed by atoms with E-state index in [0.29, 0.717) is 25.3 Å². The zero-order chi connectivity index (χ0) is 15.6. The number of nitrogen functional groups attached to an aromatic ring is 1. The van der Waals surface area contributed by atoms with Crippen molar-refractivity contribution in [3.8, 4) is 0 Å². The Kier molecular flexibility index (Phi) is 4.84. The van der Waals surface area contributed by atoms with Crippen molar-refractivity contribution in [2.24, 2.45) is 0 Å². The zero-order valence-corrected chi connectivity index (χ0v) is 13.0. The smallest absolute Gasteiger partial charge is 0.237 e. The van der Waals surface area contributed by atoms with Crippen molar-refractivity contribution in [3.05, 3.63) is 11.4 Å². The number of anilines is 1. The lowest BCUT2D eigenvalue weighted by Gasteiger charge is -2.35. The number of amides is 1. The summed E-state index contributed by atoms with van der Waals surface area (Å²) in [5.74, 6) is 0.0475. The molecule has 2 heterocycles. The first kappa shape index (κ1) is 15.8. The summed E-state index contributed by atoms with van der Waals surface area (Å²) in [6, 6.07) is -0.154. The highest BCUT2D eigenvalue weighted by molar-refractivity contribution is 5.82. The van der Waals surface area contributed by atoms with Crippen molar-refractivity contribution < 1.29 is 9.90 Å². The molecule has 2 rings (SSSR count). The number of nitrogens with one attached hydrogen (secondary N) is 1. The van der Waals surface area contributed by atoms with Gasteiger partial charge < -0.3 is 16.2 Å². The van der Waals surface area contributed by atoms with E-state index < -0.39 is 6.10 Å². The molecule has 1 fully saturated rings. The second-order valence-corrected chi connectivity index (χ2v) is 5.63. The Bertz CT molecular complexity index is 514. The summed E-state index contributed by atoms with van der Waals surface area (Å²) < 4.78 is 1.74. The number of hydrogen-bond acceptors (Lipinski definition) is 5. The Morgan fingerprint density at radius 2 is 2.19 bits per heavy atom. The molecule has 0 aliphatic carbocycles. The van der Waals surface area contributed by atoms with Crippen molar-refractivity contribution in [3.63, 3.8) is 0 Å². The predicted octanol–water partition coefficient (Wildman–Crippen LogP) is -0.347. The highest BCUT2D eigenvalue weighted by Gasteiger charge is 2.29. The van der Waals surface area contributed by atoms with Gasteiger partial charge in [-0.25, -0.2) is 0 Å². The fourth-order valence-electron chi connectivity index (χ4n) is 2.84. The van der Waals surface area contributed by atoms with Crippen molar-refractivity contribution in [2.75, 3.05) is 25.4 Å². The lowest BCUT2D eigenvalue weighted by molar-refractivity contribution is -0.129. The molecule has 0 aromatic carbocycles. The Hall–Kier alpha value is -1.60. The molecular weight excluding hydrogens is 270 g/mol. The highest BCUT2D eigenvalue weighted by Crippen LogP contribution is 2.16. The van der Waals surface area contributed by atoms with Crippen LogP contribution in [0.1, 0.15) is 24.7 Å². The number of carbonyl (C=O) groups excluding carboxylic acids is 1. The molecule has 1 aromatic rings. The molecule has 2 unspecified atom stereocenters. The molecule has 1 saturated heterocycles. The van der Waals surface area contributed by atoms with E-state index in [-0.39, 0.29) is 11.9 Å². The molecule has 1 amide bonds. The number of aryl methyl sites for hydroxylation is 1. The molecule has 21 heavy (non-hydrogen) atoms. The number of rotatable bonds is 5. The van der Waals surface area contributed by atoms with Crippen LogP contribution < -0.4 is 11.1 Å². The number of carbonyl (C=O) groups is 1. The van der Waals surface area contributed by atoms with Gasteiger partial charge in [0.2, 0.25) is 5.91 Å². The molecule has 0 bridgehead atoms. The zero-order valence-electron chi connectivity index (χ0n) is 13.0. The van der Waals surface area contributed by atoms with E-state index >= 15 is 0 Å². The van der Waals surface area contributed by atoms with E-state index in [1.54, 1.807) is 4.68 Å². The van der Waals surface area contributed by atoms with Gasteiger partial charge in [0, 0.05) is 19.6 Å². The number of nitrogens with zero attached hydrogens (tertiary/aromatic N) is 3. The summed E-state index contributed by atoms with van der Waals surface area (Å²) in [5.41, 5.74) is 8.22. The highest BCUT2D eigenvalue weighted by atomic mass is 16.3. The largest absolute Gasteiger partial charge is 0.396 e. The van der Waals surface area contributed by atoms with E-state index in [0.717, 1.165) is 24.4 Å². The molecule has 0 radical (unpaired) electrons. The van der Waals surface area contributed by atoms with E-state index in [9.17, 15) is 9.90 Å². The molecular formula is C14H25N5O2.